The van der Waals surface area contributed by atoms with Crippen LogP contribution in [0, 0.1) is 5.82 Å². The Morgan fingerprint density at radius 1 is 1.57 bits per heavy atom. The summed E-state index contributed by atoms with van der Waals surface area (Å²) in [7, 11) is 0. The van der Waals surface area contributed by atoms with Gasteiger partial charge in [-0.1, -0.05) is 0 Å². The van der Waals surface area contributed by atoms with Gasteiger partial charge in [-0.2, -0.15) is 0 Å². The number of aromatic amines is 1. The van der Waals surface area contributed by atoms with Crippen molar-refractivity contribution >= 4 is 11.0 Å². The molecule has 3 nitrogen and oxygen atoms in total. The number of aromatic nitrogens is 2. The van der Waals surface area contributed by atoms with Crippen LogP contribution in [0.3, 0.4) is 0 Å². The van der Waals surface area contributed by atoms with E-state index in [0.29, 0.717) is 6.42 Å². The smallest absolute Gasteiger partial charge is 0.125 e. The van der Waals surface area contributed by atoms with Gasteiger partial charge in [0.05, 0.1) is 11.0 Å². The van der Waals surface area contributed by atoms with Crippen LogP contribution in [0.1, 0.15) is 12.7 Å². The van der Waals surface area contributed by atoms with Crippen LogP contribution in [0.4, 0.5) is 4.39 Å². The highest BCUT2D eigenvalue weighted by Gasteiger charge is 2.05. The molecule has 0 aliphatic heterocycles. The third-order valence-corrected chi connectivity index (χ3v) is 2.01. The first-order valence-electron chi connectivity index (χ1n) is 4.55. The maximum absolute atomic E-state index is 12.8. The average molecular weight is 193 g/mol. The zero-order valence-electron chi connectivity index (χ0n) is 7.92. The first kappa shape index (κ1) is 9.15. The van der Waals surface area contributed by atoms with Crippen LogP contribution in [0.5, 0.6) is 0 Å². The van der Waals surface area contributed by atoms with Crippen LogP contribution >= 0.6 is 0 Å². The number of rotatable bonds is 2. The molecule has 2 rings (SSSR count). The van der Waals surface area contributed by atoms with Gasteiger partial charge in [0.25, 0.3) is 0 Å². The van der Waals surface area contributed by atoms with Crippen LogP contribution in [-0.4, -0.2) is 16.0 Å². The minimum atomic E-state index is -0.256. The second kappa shape index (κ2) is 3.38. The minimum absolute atomic E-state index is 0.0559. The molecule has 0 saturated heterocycles. The van der Waals surface area contributed by atoms with E-state index >= 15 is 0 Å². The number of halogens is 1. The Bertz CT molecular complexity index is 448. The number of nitrogens with one attached hydrogen (secondary N) is 1. The van der Waals surface area contributed by atoms with E-state index in [1.807, 2.05) is 6.92 Å². The fourth-order valence-corrected chi connectivity index (χ4v) is 1.44. The fourth-order valence-electron chi connectivity index (χ4n) is 1.44. The number of nitrogens with two attached hydrogens (primary N) is 1. The first-order valence-corrected chi connectivity index (χ1v) is 4.55. The molecule has 0 bridgehead atoms. The summed E-state index contributed by atoms with van der Waals surface area (Å²) < 4.78 is 12.8. The van der Waals surface area contributed by atoms with Crippen molar-refractivity contribution in [2.45, 2.75) is 19.4 Å². The molecule has 2 aromatic rings. The molecule has 0 spiro atoms. The van der Waals surface area contributed by atoms with Gasteiger partial charge in [-0.05, 0) is 25.1 Å². The van der Waals surface area contributed by atoms with Gasteiger partial charge in [0.15, 0.2) is 0 Å². The van der Waals surface area contributed by atoms with Crippen LogP contribution in [0.15, 0.2) is 18.2 Å². The number of hydrogen-bond acceptors (Lipinski definition) is 2. The summed E-state index contributed by atoms with van der Waals surface area (Å²) in [6.07, 6.45) is 0.677. The van der Waals surface area contributed by atoms with Crippen molar-refractivity contribution in [2.24, 2.45) is 5.73 Å². The number of benzene rings is 1. The lowest BCUT2D eigenvalue weighted by Crippen LogP contribution is -2.18. The van der Waals surface area contributed by atoms with E-state index in [0.717, 1.165) is 16.9 Å². The van der Waals surface area contributed by atoms with E-state index in [2.05, 4.69) is 9.97 Å². The van der Waals surface area contributed by atoms with Crippen LogP contribution in [0.25, 0.3) is 11.0 Å². The van der Waals surface area contributed by atoms with Crippen molar-refractivity contribution in [3.8, 4) is 0 Å². The average Bonchev–Trinajstić information content (AvgIpc) is 2.44. The minimum Gasteiger partial charge on any atom is -0.342 e. The maximum Gasteiger partial charge on any atom is 0.125 e. The third-order valence-electron chi connectivity index (χ3n) is 2.01. The molecule has 1 aromatic heterocycles. The van der Waals surface area contributed by atoms with Crippen LogP contribution < -0.4 is 5.73 Å². The van der Waals surface area contributed by atoms with E-state index in [1.54, 1.807) is 6.07 Å². The first-order chi connectivity index (χ1) is 6.65. The van der Waals surface area contributed by atoms with Gasteiger partial charge in [-0.15, -0.1) is 0 Å². The second-order valence-corrected chi connectivity index (χ2v) is 3.53. The summed E-state index contributed by atoms with van der Waals surface area (Å²) in [6, 6.07) is 4.55. The molecule has 3 N–H and O–H groups in total. The normalized spacial score (nSPS) is 13.4. The predicted molar refractivity (Wildman–Crippen MR) is 53.4 cm³/mol. The number of nitrogens with zero attached hydrogens (tertiary/aromatic N) is 1. The quantitative estimate of drug-likeness (QED) is 0.761. The van der Waals surface area contributed by atoms with E-state index < -0.39 is 0 Å². The number of hydrogen-bond donors (Lipinski definition) is 2. The Hall–Kier alpha value is -1.42. The molecule has 0 fully saturated rings. The summed E-state index contributed by atoms with van der Waals surface area (Å²) >= 11 is 0. The maximum atomic E-state index is 12.8. The molecule has 0 amide bonds. The molecule has 74 valence electrons. The Morgan fingerprint density at radius 3 is 3.07 bits per heavy atom. The van der Waals surface area contributed by atoms with E-state index in [4.69, 9.17) is 5.73 Å². The fraction of sp³-hybridized carbons (Fsp3) is 0.300. The highest BCUT2D eigenvalue weighted by Crippen LogP contribution is 2.13. The highest BCUT2D eigenvalue weighted by molar-refractivity contribution is 5.74. The van der Waals surface area contributed by atoms with Gasteiger partial charge in [0.1, 0.15) is 11.6 Å². The lowest BCUT2D eigenvalue weighted by molar-refractivity contribution is 0.629. The van der Waals surface area contributed by atoms with Gasteiger partial charge in [0.2, 0.25) is 0 Å². The Morgan fingerprint density at radius 2 is 2.36 bits per heavy atom. The monoisotopic (exact) mass is 193 g/mol. The molecule has 0 radical (unpaired) electrons. The van der Waals surface area contributed by atoms with E-state index in [1.165, 1.54) is 12.1 Å². The Labute approximate surface area is 81.1 Å². The van der Waals surface area contributed by atoms with Gasteiger partial charge in [-0.25, -0.2) is 9.37 Å². The Balaban J connectivity index is 2.41. The molecule has 14 heavy (non-hydrogen) atoms. The highest BCUT2D eigenvalue weighted by atomic mass is 19.1. The van der Waals surface area contributed by atoms with Gasteiger partial charge < -0.3 is 10.7 Å². The molecule has 1 heterocycles. The van der Waals surface area contributed by atoms with Gasteiger partial charge >= 0.3 is 0 Å². The SMILES string of the molecule is CC(N)Cc1nc2ccc(F)cc2[nH]1. The van der Waals surface area contributed by atoms with Gasteiger partial charge in [-0.3, -0.25) is 0 Å². The third kappa shape index (κ3) is 1.75. The predicted octanol–water partition coefficient (Wildman–Crippen LogP) is 1.59. The van der Waals surface area contributed by atoms with Crippen molar-refractivity contribution in [3.63, 3.8) is 0 Å². The molecule has 1 unspecified atom stereocenters. The second-order valence-electron chi connectivity index (χ2n) is 3.53. The number of fused-ring (bicyclic) bond motifs is 1. The molecular weight excluding hydrogens is 181 g/mol. The van der Waals surface area contributed by atoms with Crippen molar-refractivity contribution in [2.75, 3.05) is 0 Å². The summed E-state index contributed by atoms with van der Waals surface area (Å²) in [5.41, 5.74) is 7.14. The molecule has 4 heteroatoms. The summed E-state index contributed by atoms with van der Waals surface area (Å²) in [4.78, 5) is 7.33. The standard InChI is InChI=1S/C10H12FN3/c1-6(12)4-10-13-8-3-2-7(11)5-9(8)14-10/h2-3,5-6H,4,12H2,1H3,(H,13,14). The molecule has 1 atom stereocenters. The Kier molecular flexibility index (Phi) is 2.21. The van der Waals surface area contributed by atoms with Crippen molar-refractivity contribution in [1.29, 1.82) is 0 Å². The van der Waals surface area contributed by atoms with Crippen molar-refractivity contribution in [3.05, 3.63) is 29.8 Å². The number of imidazole rings is 1. The number of H-pyrrole nitrogens is 1. The molecular formula is C10H12FN3. The van der Waals surface area contributed by atoms with E-state index in [-0.39, 0.29) is 11.9 Å². The zero-order valence-corrected chi connectivity index (χ0v) is 7.92. The molecule has 0 aliphatic carbocycles. The van der Waals surface area contributed by atoms with Crippen LogP contribution in [-0.2, 0) is 6.42 Å². The van der Waals surface area contributed by atoms with Gasteiger partial charge in [0, 0.05) is 12.5 Å². The van der Waals surface area contributed by atoms with Crippen molar-refractivity contribution in [1.82, 2.24) is 9.97 Å². The lowest BCUT2D eigenvalue weighted by atomic mass is 10.2. The van der Waals surface area contributed by atoms with E-state index in [9.17, 15) is 4.39 Å². The van der Waals surface area contributed by atoms with Crippen LogP contribution in [0.2, 0.25) is 0 Å². The largest absolute Gasteiger partial charge is 0.342 e. The summed E-state index contributed by atoms with van der Waals surface area (Å²) in [6.45, 7) is 1.91. The molecule has 0 saturated carbocycles. The zero-order chi connectivity index (χ0) is 10.1. The molecule has 0 aliphatic rings. The van der Waals surface area contributed by atoms with Crippen molar-refractivity contribution < 1.29 is 4.39 Å². The summed E-state index contributed by atoms with van der Waals surface area (Å²) in [5, 5.41) is 0. The topological polar surface area (TPSA) is 54.7 Å². The molecule has 1 aromatic carbocycles. The summed E-state index contributed by atoms with van der Waals surface area (Å²) in [5.74, 6) is 0.550. The lowest BCUT2D eigenvalue weighted by Gasteiger charge is -1.98.